The van der Waals surface area contributed by atoms with E-state index in [2.05, 4.69) is 0 Å². The highest BCUT2D eigenvalue weighted by molar-refractivity contribution is 5.98. The molecule has 0 bridgehead atoms. The molecule has 0 aliphatic carbocycles. The molecule has 0 unspecified atom stereocenters. The molecule has 0 saturated carbocycles. The second-order valence-corrected chi connectivity index (χ2v) is 5.86. The van der Waals surface area contributed by atoms with E-state index < -0.39 is 0 Å². The number of carbonyl (C=O) groups excluding carboxylic acids is 1. The number of anilines is 3. The van der Waals surface area contributed by atoms with Gasteiger partial charge in [0.15, 0.2) is 0 Å². The van der Waals surface area contributed by atoms with Gasteiger partial charge >= 0.3 is 0 Å². The summed E-state index contributed by atoms with van der Waals surface area (Å²) in [4.78, 5) is 16.2. The highest BCUT2D eigenvalue weighted by atomic mass is 16.5. The Labute approximate surface area is 152 Å². The number of nitrogens with zero attached hydrogens (tertiary/aromatic N) is 3. The summed E-state index contributed by atoms with van der Waals surface area (Å²) in [6, 6.07) is 18.9. The average Bonchev–Trinajstić information content (AvgIpc) is 2.71. The molecule has 2 aromatic carbocycles. The van der Waals surface area contributed by atoms with E-state index in [4.69, 9.17) is 10.5 Å². The molecule has 2 aromatic rings. The van der Waals surface area contributed by atoms with Gasteiger partial charge in [-0.1, -0.05) is 18.2 Å². The average molecular weight is 348 g/mol. The van der Waals surface area contributed by atoms with Crippen molar-refractivity contribution in [3.63, 3.8) is 0 Å². The van der Waals surface area contributed by atoms with Crippen molar-refractivity contribution in [2.45, 2.75) is 0 Å². The normalized spacial score (nSPS) is 14.6. The molecule has 0 atom stereocenters. The highest BCUT2D eigenvalue weighted by Crippen LogP contribution is 2.27. The molecule has 132 valence electrons. The Morgan fingerprint density at radius 1 is 1.08 bits per heavy atom. The smallest absolute Gasteiger partial charge is 0.266 e. The zero-order valence-corrected chi connectivity index (χ0v) is 14.3. The van der Waals surface area contributed by atoms with Gasteiger partial charge in [-0.25, -0.2) is 0 Å². The molecule has 1 aliphatic rings. The molecule has 1 saturated heterocycles. The van der Waals surface area contributed by atoms with Crippen molar-refractivity contribution < 1.29 is 9.53 Å². The first kappa shape index (κ1) is 17.5. The fraction of sp³-hybridized carbons (Fsp3) is 0.200. The van der Waals surface area contributed by atoms with E-state index in [1.54, 1.807) is 23.2 Å². The van der Waals surface area contributed by atoms with E-state index in [9.17, 15) is 10.1 Å². The fourth-order valence-electron chi connectivity index (χ4n) is 2.72. The third-order valence-electron chi connectivity index (χ3n) is 4.11. The fourth-order valence-corrected chi connectivity index (χ4v) is 2.72. The lowest BCUT2D eigenvalue weighted by molar-refractivity contribution is -0.130. The van der Waals surface area contributed by atoms with Gasteiger partial charge < -0.3 is 20.3 Å². The molecule has 2 N–H and O–H groups in total. The number of hydrogen-bond acceptors (Lipinski definition) is 5. The Morgan fingerprint density at radius 2 is 1.69 bits per heavy atom. The molecule has 26 heavy (non-hydrogen) atoms. The van der Waals surface area contributed by atoms with Gasteiger partial charge in [0.05, 0.1) is 13.2 Å². The number of carbonyl (C=O) groups is 1. The zero-order chi connectivity index (χ0) is 18.4. The number of rotatable bonds is 4. The Morgan fingerprint density at radius 3 is 2.31 bits per heavy atom. The minimum atomic E-state index is -0.285. The molecule has 6 heteroatoms. The number of amides is 1. The zero-order valence-electron chi connectivity index (χ0n) is 14.3. The van der Waals surface area contributed by atoms with E-state index in [-0.39, 0.29) is 11.5 Å². The van der Waals surface area contributed by atoms with Crippen LogP contribution in [0.5, 0.6) is 0 Å². The minimum absolute atomic E-state index is 0.0765. The Kier molecular flexibility index (Phi) is 5.52. The molecule has 0 radical (unpaired) electrons. The molecule has 0 aromatic heterocycles. The van der Waals surface area contributed by atoms with Crippen LogP contribution in [0.15, 0.2) is 66.4 Å². The Bertz CT molecular complexity index is 819. The van der Waals surface area contributed by atoms with Gasteiger partial charge in [0, 0.05) is 36.4 Å². The second-order valence-electron chi connectivity index (χ2n) is 5.86. The predicted octanol–water partition coefficient (Wildman–Crippen LogP) is 2.67. The van der Waals surface area contributed by atoms with Crippen LogP contribution in [-0.4, -0.2) is 37.1 Å². The quantitative estimate of drug-likeness (QED) is 0.522. The topological polar surface area (TPSA) is 82.6 Å². The largest absolute Gasteiger partial charge is 0.399 e. The molecule has 1 amide bonds. The summed E-state index contributed by atoms with van der Waals surface area (Å²) in [7, 11) is 0. The van der Waals surface area contributed by atoms with Crippen molar-refractivity contribution in [3.05, 3.63) is 66.4 Å². The standard InChI is InChI=1S/C20H20N4O2/c21-14-16(20(25)23-10-12-26-13-11-23)15-24(18-4-2-1-3-5-18)19-8-6-17(22)7-9-19/h1-9,15H,10-13,22H2/b16-15-. The van der Waals surface area contributed by atoms with Crippen LogP contribution >= 0.6 is 0 Å². The van der Waals surface area contributed by atoms with Crippen molar-refractivity contribution in [1.82, 2.24) is 4.90 Å². The molecule has 3 rings (SSSR count). The van der Waals surface area contributed by atoms with E-state index in [0.717, 1.165) is 11.4 Å². The summed E-state index contributed by atoms with van der Waals surface area (Å²) >= 11 is 0. The first-order valence-corrected chi connectivity index (χ1v) is 8.38. The number of morpholine rings is 1. The number of nitrogens with two attached hydrogens (primary N) is 1. The number of benzene rings is 2. The van der Waals surface area contributed by atoms with Crippen LogP contribution in [0.4, 0.5) is 17.1 Å². The first-order valence-electron chi connectivity index (χ1n) is 8.38. The molecular weight excluding hydrogens is 328 g/mol. The third-order valence-corrected chi connectivity index (χ3v) is 4.11. The molecular formula is C20H20N4O2. The van der Waals surface area contributed by atoms with Gasteiger partial charge in [-0.15, -0.1) is 0 Å². The van der Waals surface area contributed by atoms with Gasteiger partial charge in [0.25, 0.3) is 5.91 Å². The van der Waals surface area contributed by atoms with E-state index in [1.807, 2.05) is 53.4 Å². The van der Waals surface area contributed by atoms with Crippen LogP contribution in [0.1, 0.15) is 0 Å². The lowest BCUT2D eigenvalue weighted by atomic mass is 10.2. The van der Waals surface area contributed by atoms with Crippen molar-refractivity contribution >= 4 is 23.0 Å². The number of nitrogen functional groups attached to an aromatic ring is 1. The van der Waals surface area contributed by atoms with Crippen LogP contribution in [0.25, 0.3) is 0 Å². The van der Waals surface area contributed by atoms with Crippen LogP contribution in [-0.2, 0) is 9.53 Å². The number of hydrogen-bond donors (Lipinski definition) is 1. The number of nitriles is 1. The van der Waals surface area contributed by atoms with Gasteiger partial charge in [0.1, 0.15) is 11.6 Å². The number of para-hydroxylation sites is 1. The maximum atomic E-state index is 12.7. The van der Waals surface area contributed by atoms with Crippen molar-refractivity contribution in [1.29, 1.82) is 5.26 Å². The third kappa shape index (κ3) is 4.02. The summed E-state index contributed by atoms with van der Waals surface area (Å²) in [5.74, 6) is -0.285. The molecule has 0 spiro atoms. The molecule has 1 aliphatic heterocycles. The van der Waals surface area contributed by atoms with Crippen LogP contribution in [0.2, 0.25) is 0 Å². The van der Waals surface area contributed by atoms with Crippen LogP contribution in [0.3, 0.4) is 0 Å². The lowest BCUT2D eigenvalue weighted by Crippen LogP contribution is -2.41. The van der Waals surface area contributed by atoms with Gasteiger partial charge in [0.2, 0.25) is 0 Å². The van der Waals surface area contributed by atoms with Crippen molar-refractivity contribution in [2.24, 2.45) is 0 Å². The first-order chi connectivity index (χ1) is 12.7. The minimum Gasteiger partial charge on any atom is -0.399 e. The SMILES string of the molecule is N#C/C(=C/N(c1ccccc1)c1ccc(N)cc1)C(=O)N1CCOCC1. The highest BCUT2D eigenvalue weighted by Gasteiger charge is 2.22. The van der Waals surface area contributed by atoms with Crippen LogP contribution in [0, 0.1) is 11.3 Å². The Hall–Kier alpha value is -3.30. The van der Waals surface area contributed by atoms with Crippen molar-refractivity contribution in [2.75, 3.05) is 36.9 Å². The molecule has 1 fully saturated rings. The van der Waals surface area contributed by atoms with Gasteiger partial charge in [-0.05, 0) is 36.4 Å². The lowest BCUT2D eigenvalue weighted by Gasteiger charge is -2.27. The Balaban J connectivity index is 1.97. The summed E-state index contributed by atoms with van der Waals surface area (Å²) in [5, 5.41) is 9.57. The van der Waals surface area contributed by atoms with E-state index >= 15 is 0 Å². The molecule has 1 heterocycles. The van der Waals surface area contributed by atoms with Gasteiger partial charge in [-0.3, -0.25) is 4.79 Å². The van der Waals surface area contributed by atoms with Crippen molar-refractivity contribution in [3.8, 4) is 6.07 Å². The van der Waals surface area contributed by atoms with E-state index in [0.29, 0.717) is 32.0 Å². The maximum Gasteiger partial charge on any atom is 0.266 e. The summed E-state index contributed by atoms with van der Waals surface area (Å²) in [5.41, 5.74) is 8.16. The summed E-state index contributed by atoms with van der Waals surface area (Å²) in [6.07, 6.45) is 1.58. The summed E-state index contributed by atoms with van der Waals surface area (Å²) < 4.78 is 5.28. The maximum absolute atomic E-state index is 12.7. The second kappa shape index (κ2) is 8.19. The van der Waals surface area contributed by atoms with Crippen LogP contribution < -0.4 is 10.6 Å². The summed E-state index contributed by atoms with van der Waals surface area (Å²) in [6.45, 7) is 1.96. The monoisotopic (exact) mass is 348 g/mol. The predicted molar refractivity (Wildman–Crippen MR) is 101 cm³/mol. The number of ether oxygens (including phenoxy) is 1. The van der Waals surface area contributed by atoms with E-state index in [1.165, 1.54) is 0 Å². The van der Waals surface area contributed by atoms with Gasteiger partial charge in [-0.2, -0.15) is 5.26 Å². The molecule has 6 nitrogen and oxygen atoms in total.